The summed E-state index contributed by atoms with van der Waals surface area (Å²) in [6, 6.07) is 16.5. The molecule has 0 fully saturated rings. The van der Waals surface area contributed by atoms with Crippen molar-refractivity contribution in [3.8, 4) is 0 Å². The molecule has 6 nitrogen and oxygen atoms in total. The Morgan fingerprint density at radius 1 is 1.00 bits per heavy atom. The number of hydrogen-bond acceptors (Lipinski definition) is 4. The maximum atomic E-state index is 12.5. The van der Waals surface area contributed by atoms with E-state index in [-0.39, 0.29) is 17.2 Å². The minimum Gasteiger partial charge on any atom is -0.454 e. The first-order valence-electron chi connectivity index (χ1n) is 9.92. The van der Waals surface area contributed by atoms with Crippen LogP contribution in [0.1, 0.15) is 41.3 Å². The summed E-state index contributed by atoms with van der Waals surface area (Å²) in [4.78, 5) is 26.7. The van der Waals surface area contributed by atoms with Crippen molar-refractivity contribution in [3.05, 3.63) is 93.8 Å². The predicted octanol–water partition coefficient (Wildman–Crippen LogP) is 3.26. The molecule has 152 valence electrons. The van der Waals surface area contributed by atoms with Gasteiger partial charge in [-0.15, -0.1) is 0 Å². The second-order valence-corrected chi connectivity index (χ2v) is 6.85. The van der Waals surface area contributed by atoms with Gasteiger partial charge in [-0.2, -0.15) is 0 Å². The summed E-state index contributed by atoms with van der Waals surface area (Å²) in [6.07, 6.45) is 1.69. The molecule has 2 aromatic heterocycles. The molecule has 0 saturated heterocycles. The van der Waals surface area contributed by atoms with Crippen LogP contribution in [0.4, 0.5) is 0 Å². The number of amides is 1. The Morgan fingerprint density at radius 2 is 1.72 bits per heavy atom. The number of aromatic nitrogens is 1. The van der Waals surface area contributed by atoms with Crippen LogP contribution in [0.3, 0.4) is 0 Å². The topological polar surface area (TPSA) is 67.5 Å². The number of furan rings is 1. The van der Waals surface area contributed by atoms with E-state index in [2.05, 4.69) is 30.1 Å². The van der Waals surface area contributed by atoms with Crippen LogP contribution in [0, 0.1) is 0 Å². The van der Waals surface area contributed by atoms with Crippen molar-refractivity contribution in [2.45, 2.75) is 33.5 Å². The number of carbonyl (C=O) groups is 1. The average molecular weight is 393 g/mol. The fraction of sp³-hybridized carbons (Fsp3) is 0.304. The molecule has 0 aliphatic rings. The quantitative estimate of drug-likeness (QED) is 0.606. The lowest BCUT2D eigenvalue weighted by Gasteiger charge is -2.20. The van der Waals surface area contributed by atoms with E-state index in [1.54, 1.807) is 30.5 Å². The van der Waals surface area contributed by atoms with Crippen LogP contribution in [0.5, 0.6) is 0 Å². The molecular weight excluding hydrogens is 366 g/mol. The van der Waals surface area contributed by atoms with E-state index < -0.39 is 0 Å². The number of nitrogens with zero attached hydrogens (tertiary/aromatic N) is 2. The van der Waals surface area contributed by atoms with Crippen LogP contribution >= 0.6 is 0 Å². The number of carbonyl (C=O) groups excluding carboxylic acids is 1. The van der Waals surface area contributed by atoms with Crippen LogP contribution in [0.25, 0.3) is 0 Å². The molecule has 1 amide bonds. The lowest BCUT2D eigenvalue weighted by Crippen LogP contribution is -2.26. The van der Waals surface area contributed by atoms with Gasteiger partial charge < -0.3 is 14.3 Å². The first-order valence-corrected chi connectivity index (χ1v) is 9.92. The lowest BCUT2D eigenvalue weighted by molar-refractivity contribution is 0.0921. The zero-order valence-corrected chi connectivity index (χ0v) is 16.9. The maximum Gasteiger partial charge on any atom is 0.287 e. The Bertz CT molecular complexity index is 1000. The van der Waals surface area contributed by atoms with Gasteiger partial charge in [-0.1, -0.05) is 44.2 Å². The minimum absolute atomic E-state index is 0.111. The summed E-state index contributed by atoms with van der Waals surface area (Å²) in [5.41, 5.74) is 2.19. The molecule has 0 unspecified atom stereocenters. The van der Waals surface area contributed by atoms with Crippen molar-refractivity contribution in [1.29, 1.82) is 0 Å². The summed E-state index contributed by atoms with van der Waals surface area (Å²) >= 11 is 0. The van der Waals surface area contributed by atoms with Crippen LogP contribution < -0.4 is 10.9 Å². The largest absolute Gasteiger partial charge is 0.454 e. The van der Waals surface area contributed by atoms with Crippen molar-refractivity contribution in [2.75, 3.05) is 13.1 Å². The van der Waals surface area contributed by atoms with Crippen LogP contribution in [-0.2, 0) is 19.6 Å². The number of rotatable bonds is 9. The minimum atomic E-state index is -0.269. The van der Waals surface area contributed by atoms with E-state index in [4.69, 9.17) is 4.42 Å². The second-order valence-electron chi connectivity index (χ2n) is 6.85. The molecule has 3 rings (SSSR count). The van der Waals surface area contributed by atoms with Gasteiger partial charge in [-0.25, -0.2) is 0 Å². The highest BCUT2D eigenvalue weighted by molar-refractivity contribution is 5.91. The molecular formula is C23H27N3O3. The molecule has 0 bridgehead atoms. The van der Waals surface area contributed by atoms with Crippen molar-refractivity contribution in [1.82, 2.24) is 14.8 Å². The smallest absolute Gasteiger partial charge is 0.287 e. The maximum absolute atomic E-state index is 12.5. The third kappa shape index (κ3) is 5.45. The Labute approximate surface area is 170 Å². The molecule has 0 radical (unpaired) electrons. The van der Waals surface area contributed by atoms with E-state index in [9.17, 15) is 9.59 Å². The van der Waals surface area contributed by atoms with Crippen molar-refractivity contribution >= 4 is 5.91 Å². The molecule has 1 aromatic carbocycles. The number of pyridine rings is 1. The van der Waals surface area contributed by atoms with E-state index in [1.165, 1.54) is 16.2 Å². The molecule has 3 aromatic rings. The van der Waals surface area contributed by atoms with E-state index in [1.807, 2.05) is 18.2 Å². The van der Waals surface area contributed by atoms with Crippen molar-refractivity contribution in [3.63, 3.8) is 0 Å². The predicted molar refractivity (Wildman–Crippen MR) is 113 cm³/mol. The van der Waals surface area contributed by atoms with Gasteiger partial charge in [-0.3, -0.25) is 14.5 Å². The highest BCUT2D eigenvalue weighted by Gasteiger charge is 2.13. The third-order valence-corrected chi connectivity index (χ3v) is 4.96. The van der Waals surface area contributed by atoms with Gasteiger partial charge in [0.25, 0.3) is 11.5 Å². The summed E-state index contributed by atoms with van der Waals surface area (Å²) in [5, 5.41) is 2.93. The monoisotopic (exact) mass is 393 g/mol. The van der Waals surface area contributed by atoms with Crippen molar-refractivity contribution < 1.29 is 9.21 Å². The molecule has 1 N–H and O–H groups in total. The number of benzene rings is 1. The van der Waals surface area contributed by atoms with Crippen LogP contribution in [-0.4, -0.2) is 28.5 Å². The lowest BCUT2D eigenvalue weighted by atomic mass is 10.1. The fourth-order valence-electron chi connectivity index (χ4n) is 3.18. The molecule has 0 spiro atoms. The van der Waals surface area contributed by atoms with Crippen LogP contribution in [0.15, 0.2) is 70.0 Å². The van der Waals surface area contributed by atoms with Gasteiger partial charge in [0, 0.05) is 25.4 Å². The zero-order valence-electron chi connectivity index (χ0n) is 16.9. The van der Waals surface area contributed by atoms with Crippen LogP contribution in [0.2, 0.25) is 0 Å². The molecule has 0 aliphatic heterocycles. The van der Waals surface area contributed by atoms with Crippen molar-refractivity contribution in [2.24, 2.45) is 0 Å². The van der Waals surface area contributed by atoms with E-state index in [0.717, 1.165) is 25.2 Å². The Morgan fingerprint density at radius 3 is 2.45 bits per heavy atom. The Hall–Kier alpha value is -3.12. The number of nitrogens with one attached hydrogen (secondary N) is 1. The Kier molecular flexibility index (Phi) is 7.03. The molecule has 2 heterocycles. The summed E-state index contributed by atoms with van der Waals surface area (Å²) in [6.45, 7) is 7.84. The summed E-state index contributed by atoms with van der Waals surface area (Å²) in [7, 11) is 0. The number of hydrogen-bond donors (Lipinski definition) is 1. The highest BCUT2D eigenvalue weighted by atomic mass is 16.4. The molecule has 0 aliphatic carbocycles. The van der Waals surface area contributed by atoms with Gasteiger partial charge in [-0.05, 0) is 42.4 Å². The zero-order chi connectivity index (χ0) is 20.6. The third-order valence-electron chi connectivity index (χ3n) is 4.96. The van der Waals surface area contributed by atoms with Gasteiger partial charge in [0.15, 0.2) is 5.76 Å². The molecule has 0 saturated carbocycles. The van der Waals surface area contributed by atoms with E-state index in [0.29, 0.717) is 18.8 Å². The fourth-order valence-corrected chi connectivity index (χ4v) is 3.18. The van der Waals surface area contributed by atoms with Gasteiger partial charge in [0.1, 0.15) is 5.76 Å². The van der Waals surface area contributed by atoms with Gasteiger partial charge >= 0.3 is 0 Å². The SMILES string of the molecule is CCN(CC)Cc1ccccc1CNC(=O)c1ccc(Cn2ccccc2=O)o1. The first kappa shape index (κ1) is 20.6. The van der Waals surface area contributed by atoms with E-state index >= 15 is 0 Å². The molecule has 29 heavy (non-hydrogen) atoms. The first-order chi connectivity index (χ1) is 14.1. The summed E-state index contributed by atoms with van der Waals surface area (Å²) in [5.74, 6) is 0.532. The second kappa shape index (κ2) is 9.89. The summed E-state index contributed by atoms with van der Waals surface area (Å²) < 4.78 is 7.17. The average Bonchev–Trinajstić information content (AvgIpc) is 3.21. The molecule has 6 heteroatoms. The normalized spacial score (nSPS) is 11.0. The Balaban J connectivity index is 1.63. The molecule has 0 atom stereocenters. The van der Waals surface area contributed by atoms with Gasteiger partial charge in [0.2, 0.25) is 0 Å². The van der Waals surface area contributed by atoms with Gasteiger partial charge in [0.05, 0.1) is 6.54 Å². The highest BCUT2D eigenvalue weighted by Crippen LogP contribution is 2.13. The standard InChI is InChI=1S/C23H27N3O3/c1-3-25(4-2)16-19-10-6-5-9-18(19)15-24-23(28)21-13-12-20(29-21)17-26-14-8-7-11-22(26)27/h5-14H,3-4,15-17H2,1-2H3,(H,24,28).